The third-order valence-corrected chi connectivity index (χ3v) is 3.02. The fourth-order valence-electron chi connectivity index (χ4n) is 1.92. The average molecular weight is 286 g/mol. The third-order valence-electron chi connectivity index (χ3n) is 3.02. The molecule has 2 rings (SSSR count). The smallest absolute Gasteiger partial charge is 0.162 e. The molecule has 1 atom stereocenters. The van der Waals surface area contributed by atoms with Crippen LogP contribution in [0.3, 0.4) is 0 Å². The van der Waals surface area contributed by atoms with Crippen LogP contribution in [0.15, 0.2) is 42.5 Å². The van der Waals surface area contributed by atoms with E-state index < -0.39 is 6.10 Å². The molecule has 0 aliphatic carbocycles. The molecule has 0 aliphatic heterocycles. The molecule has 0 radical (unpaired) electrons. The van der Waals surface area contributed by atoms with E-state index in [-0.39, 0.29) is 12.4 Å². The van der Waals surface area contributed by atoms with Gasteiger partial charge in [-0.1, -0.05) is 12.1 Å². The zero-order valence-electron chi connectivity index (χ0n) is 11.5. The van der Waals surface area contributed by atoms with Crippen LogP contribution in [0, 0.1) is 17.1 Å². The molecule has 2 aromatic carbocycles. The van der Waals surface area contributed by atoms with Crippen LogP contribution in [0.2, 0.25) is 0 Å². The first-order valence-electron chi connectivity index (χ1n) is 6.38. The summed E-state index contributed by atoms with van der Waals surface area (Å²) in [5.41, 5.74) is 6.97. The molecule has 0 saturated heterocycles. The van der Waals surface area contributed by atoms with Gasteiger partial charge in [0.15, 0.2) is 11.5 Å². The molecule has 5 heteroatoms. The highest BCUT2D eigenvalue weighted by Gasteiger charge is 2.15. The van der Waals surface area contributed by atoms with E-state index in [4.69, 9.17) is 20.5 Å². The minimum Gasteiger partial charge on any atom is -0.493 e. The van der Waals surface area contributed by atoms with Crippen LogP contribution in [0.5, 0.6) is 11.5 Å². The summed E-state index contributed by atoms with van der Waals surface area (Å²) in [5.74, 6) is 0.622. The second kappa shape index (κ2) is 6.73. The number of hydrogen-bond donors (Lipinski definition) is 1. The van der Waals surface area contributed by atoms with E-state index in [0.717, 1.165) is 5.56 Å². The first-order chi connectivity index (χ1) is 10.2. The number of methoxy groups -OCH3 is 1. The maximum atomic E-state index is 13.0. The van der Waals surface area contributed by atoms with Crippen LogP contribution < -0.4 is 15.2 Å². The van der Waals surface area contributed by atoms with Crippen molar-refractivity contribution in [3.8, 4) is 17.6 Å². The quantitative estimate of drug-likeness (QED) is 0.917. The van der Waals surface area contributed by atoms with Crippen molar-refractivity contribution in [1.82, 2.24) is 0 Å². The molecule has 4 nitrogen and oxygen atoms in total. The topological polar surface area (TPSA) is 68.3 Å². The van der Waals surface area contributed by atoms with Gasteiger partial charge in [-0.2, -0.15) is 5.26 Å². The molecule has 0 bridgehead atoms. The van der Waals surface area contributed by atoms with Gasteiger partial charge in [-0.15, -0.1) is 0 Å². The van der Waals surface area contributed by atoms with E-state index in [0.29, 0.717) is 17.1 Å². The lowest BCUT2D eigenvalue weighted by Crippen LogP contribution is -2.18. The van der Waals surface area contributed by atoms with E-state index in [2.05, 4.69) is 0 Å². The first kappa shape index (κ1) is 14.8. The summed E-state index contributed by atoms with van der Waals surface area (Å²) in [6, 6.07) is 12.9. The maximum Gasteiger partial charge on any atom is 0.162 e. The molecule has 0 saturated carbocycles. The van der Waals surface area contributed by atoms with E-state index in [1.54, 1.807) is 30.3 Å². The molecular formula is C16H15FN2O2. The third kappa shape index (κ3) is 3.50. The van der Waals surface area contributed by atoms with E-state index >= 15 is 0 Å². The largest absolute Gasteiger partial charge is 0.493 e. The zero-order valence-corrected chi connectivity index (χ0v) is 11.5. The predicted molar refractivity (Wildman–Crippen MR) is 76.5 cm³/mol. The number of benzene rings is 2. The summed E-state index contributed by atoms with van der Waals surface area (Å²) in [6.07, 6.45) is -0.424. The fourth-order valence-corrected chi connectivity index (χ4v) is 1.92. The second-order valence-electron chi connectivity index (χ2n) is 4.37. The minimum atomic E-state index is -0.424. The van der Waals surface area contributed by atoms with Gasteiger partial charge >= 0.3 is 0 Å². The number of ether oxygens (including phenoxy) is 2. The summed E-state index contributed by atoms with van der Waals surface area (Å²) >= 11 is 0. The van der Waals surface area contributed by atoms with Crippen molar-refractivity contribution in [2.45, 2.75) is 6.10 Å². The Hall–Kier alpha value is -2.58. The number of nitrogens with two attached hydrogens (primary N) is 1. The zero-order chi connectivity index (χ0) is 15.2. The highest BCUT2D eigenvalue weighted by Crippen LogP contribution is 2.31. The SMILES string of the molecule is COc1cc(C#N)ccc1OC(CN)c1ccc(F)cc1. The predicted octanol–water partition coefficient (Wildman–Crippen LogP) is 2.78. The van der Waals surface area contributed by atoms with Crippen molar-refractivity contribution < 1.29 is 13.9 Å². The Kier molecular flexibility index (Phi) is 4.75. The Morgan fingerprint density at radius 2 is 1.90 bits per heavy atom. The maximum absolute atomic E-state index is 13.0. The van der Waals surface area contributed by atoms with Gasteiger partial charge in [-0.25, -0.2) is 4.39 Å². The monoisotopic (exact) mass is 286 g/mol. The average Bonchev–Trinajstić information content (AvgIpc) is 2.53. The minimum absolute atomic E-state index is 0.231. The highest BCUT2D eigenvalue weighted by molar-refractivity contribution is 5.47. The van der Waals surface area contributed by atoms with E-state index in [1.807, 2.05) is 6.07 Å². The lowest BCUT2D eigenvalue weighted by atomic mass is 10.1. The molecule has 2 N–H and O–H groups in total. The highest BCUT2D eigenvalue weighted by atomic mass is 19.1. The molecule has 0 aromatic heterocycles. The molecule has 108 valence electrons. The number of halogens is 1. The lowest BCUT2D eigenvalue weighted by molar-refractivity contribution is 0.204. The van der Waals surface area contributed by atoms with Crippen molar-refractivity contribution >= 4 is 0 Å². The van der Waals surface area contributed by atoms with Crippen LogP contribution >= 0.6 is 0 Å². The van der Waals surface area contributed by atoms with Gasteiger partial charge in [0.1, 0.15) is 11.9 Å². The Labute approximate surface area is 122 Å². The van der Waals surface area contributed by atoms with Crippen molar-refractivity contribution in [3.63, 3.8) is 0 Å². The molecule has 0 aliphatic rings. The molecule has 21 heavy (non-hydrogen) atoms. The van der Waals surface area contributed by atoms with Crippen molar-refractivity contribution in [3.05, 3.63) is 59.4 Å². The summed E-state index contributed by atoms with van der Waals surface area (Å²) in [5, 5.41) is 8.88. The van der Waals surface area contributed by atoms with Gasteiger partial charge in [0.25, 0.3) is 0 Å². The lowest BCUT2D eigenvalue weighted by Gasteiger charge is -2.19. The van der Waals surface area contributed by atoms with Crippen LogP contribution in [0.4, 0.5) is 4.39 Å². The second-order valence-corrected chi connectivity index (χ2v) is 4.37. The molecule has 0 fully saturated rings. The van der Waals surface area contributed by atoms with Crippen molar-refractivity contribution in [1.29, 1.82) is 5.26 Å². The van der Waals surface area contributed by atoms with Gasteiger partial charge < -0.3 is 15.2 Å². The Bertz CT molecular complexity index is 650. The van der Waals surface area contributed by atoms with Gasteiger partial charge in [-0.05, 0) is 29.8 Å². The molecule has 0 amide bonds. The Morgan fingerprint density at radius 1 is 1.19 bits per heavy atom. The van der Waals surface area contributed by atoms with Gasteiger partial charge in [0.2, 0.25) is 0 Å². The summed E-state index contributed by atoms with van der Waals surface area (Å²) in [4.78, 5) is 0. The van der Waals surface area contributed by atoms with E-state index in [9.17, 15) is 4.39 Å². The molecule has 0 spiro atoms. The standard InChI is InChI=1S/C16H15FN2O2/c1-20-15-8-11(9-18)2-7-14(15)21-16(10-19)12-3-5-13(17)6-4-12/h2-8,16H,10,19H2,1H3. The van der Waals surface area contributed by atoms with Crippen LogP contribution in [-0.2, 0) is 0 Å². The van der Waals surface area contributed by atoms with Crippen molar-refractivity contribution in [2.24, 2.45) is 5.73 Å². The number of hydrogen-bond acceptors (Lipinski definition) is 4. The van der Waals surface area contributed by atoms with Gasteiger partial charge in [-0.3, -0.25) is 0 Å². The number of nitriles is 1. The molecular weight excluding hydrogens is 271 g/mol. The summed E-state index contributed by atoms with van der Waals surface area (Å²) in [6.45, 7) is 0.231. The first-order valence-corrected chi connectivity index (χ1v) is 6.38. The summed E-state index contributed by atoms with van der Waals surface area (Å²) in [7, 11) is 1.50. The van der Waals surface area contributed by atoms with Crippen LogP contribution in [0.25, 0.3) is 0 Å². The number of rotatable bonds is 5. The van der Waals surface area contributed by atoms with Gasteiger partial charge in [0, 0.05) is 12.6 Å². The van der Waals surface area contributed by atoms with Crippen LogP contribution in [0.1, 0.15) is 17.2 Å². The van der Waals surface area contributed by atoms with Crippen molar-refractivity contribution in [2.75, 3.05) is 13.7 Å². The summed E-state index contributed by atoms with van der Waals surface area (Å²) < 4.78 is 24.0. The molecule has 1 unspecified atom stereocenters. The fraction of sp³-hybridized carbons (Fsp3) is 0.188. The Balaban J connectivity index is 2.26. The van der Waals surface area contributed by atoms with Crippen LogP contribution in [-0.4, -0.2) is 13.7 Å². The van der Waals surface area contributed by atoms with E-state index in [1.165, 1.54) is 19.2 Å². The normalized spacial score (nSPS) is 11.5. The molecule has 0 heterocycles. The van der Waals surface area contributed by atoms with Gasteiger partial charge in [0.05, 0.1) is 18.7 Å². The Morgan fingerprint density at radius 3 is 2.48 bits per heavy atom. The number of nitrogens with zero attached hydrogens (tertiary/aromatic N) is 1. The molecule has 2 aromatic rings.